The van der Waals surface area contributed by atoms with Crippen LogP contribution in [0.5, 0.6) is 5.75 Å². The molecule has 0 aliphatic heterocycles. The van der Waals surface area contributed by atoms with Crippen molar-refractivity contribution in [2.75, 3.05) is 27.2 Å². The molecule has 2 N–H and O–H groups in total. The molecule has 2 unspecified atom stereocenters. The van der Waals surface area contributed by atoms with E-state index in [-0.39, 0.29) is 0 Å². The van der Waals surface area contributed by atoms with Crippen molar-refractivity contribution < 1.29 is 4.74 Å². The van der Waals surface area contributed by atoms with Gasteiger partial charge in [-0.2, -0.15) is 0 Å². The van der Waals surface area contributed by atoms with Crippen molar-refractivity contribution in [1.29, 1.82) is 0 Å². The Morgan fingerprint density at radius 1 is 1.08 bits per heavy atom. The predicted octanol–water partition coefficient (Wildman–Crippen LogP) is 3.83. The van der Waals surface area contributed by atoms with Gasteiger partial charge >= 0.3 is 0 Å². The summed E-state index contributed by atoms with van der Waals surface area (Å²) in [5.41, 5.74) is 1.20. The van der Waals surface area contributed by atoms with Crippen LogP contribution in [0.4, 0.5) is 0 Å². The van der Waals surface area contributed by atoms with E-state index in [2.05, 4.69) is 53.1 Å². The van der Waals surface area contributed by atoms with Crippen LogP contribution in [-0.4, -0.2) is 33.2 Å². The number of nitrogens with zero attached hydrogens (tertiary/aromatic N) is 1. The molecule has 0 aliphatic carbocycles. The summed E-state index contributed by atoms with van der Waals surface area (Å²) in [6.45, 7) is 6.08. The molecule has 0 radical (unpaired) electrons. The van der Waals surface area contributed by atoms with Crippen molar-refractivity contribution in [3.8, 4) is 5.75 Å². The highest BCUT2D eigenvalue weighted by molar-refractivity contribution is 7.10. The second-order valence-electron chi connectivity index (χ2n) is 5.89. The Labute approximate surface area is 149 Å². The first-order chi connectivity index (χ1) is 11.7. The molecule has 130 valence electrons. The van der Waals surface area contributed by atoms with Crippen LogP contribution in [0.15, 0.2) is 46.8 Å². The van der Waals surface area contributed by atoms with Crippen molar-refractivity contribution in [1.82, 2.24) is 10.6 Å². The summed E-state index contributed by atoms with van der Waals surface area (Å²) in [5, 5.41) is 8.93. The summed E-state index contributed by atoms with van der Waals surface area (Å²) < 4.78 is 5.45. The third-order valence-corrected chi connectivity index (χ3v) is 5.18. The minimum absolute atomic E-state index is 0.328. The molecule has 2 rings (SSSR count). The average molecular weight is 346 g/mol. The van der Waals surface area contributed by atoms with Crippen LogP contribution in [0.1, 0.15) is 36.1 Å². The minimum Gasteiger partial charge on any atom is -0.496 e. The van der Waals surface area contributed by atoms with E-state index in [1.54, 1.807) is 25.5 Å². The number of benzene rings is 1. The number of rotatable bonds is 7. The Hall–Kier alpha value is -2.01. The Balaban J connectivity index is 1.85. The molecular weight excluding hydrogens is 318 g/mol. The van der Waals surface area contributed by atoms with Gasteiger partial charge in [-0.1, -0.05) is 38.1 Å². The van der Waals surface area contributed by atoms with Crippen molar-refractivity contribution in [2.24, 2.45) is 4.99 Å². The molecule has 5 heteroatoms. The van der Waals surface area contributed by atoms with E-state index in [0.717, 1.165) is 24.8 Å². The molecule has 2 atom stereocenters. The van der Waals surface area contributed by atoms with Crippen LogP contribution >= 0.6 is 11.3 Å². The van der Waals surface area contributed by atoms with Gasteiger partial charge in [-0.15, -0.1) is 11.3 Å². The van der Waals surface area contributed by atoms with E-state index >= 15 is 0 Å². The van der Waals surface area contributed by atoms with Crippen molar-refractivity contribution in [3.05, 3.63) is 52.2 Å². The van der Waals surface area contributed by atoms with E-state index in [4.69, 9.17) is 4.74 Å². The van der Waals surface area contributed by atoms with Crippen LogP contribution < -0.4 is 15.4 Å². The zero-order valence-corrected chi connectivity index (χ0v) is 15.7. The molecule has 0 fully saturated rings. The average Bonchev–Trinajstić information content (AvgIpc) is 3.16. The van der Waals surface area contributed by atoms with Crippen molar-refractivity contribution in [2.45, 2.75) is 25.7 Å². The number of guanidine groups is 1. The molecule has 0 amide bonds. The van der Waals surface area contributed by atoms with Crippen LogP contribution in [0.25, 0.3) is 0 Å². The van der Waals surface area contributed by atoms with E-state index in [1.807, 2.05) is 18.2 Å². The Kier molecular flexibility index (Phi) is 7.12. The van der Waals surface area contributed by atoms with Gasteiger partial charge in [-0.25, -0.2) is 0 Å². The normalized spacial score (nSPS) is 14.1. The van der Waals surface area contributed by atoms with E-state index in [0.29, 0.717) is 11.8 Å². The van der Waals surface area contributed by atoms with Gasteiger partial charge in [0.25, 0.3) is 0 Å². The largest absolute Gasteiger partial charge is 0.496 e. The maximum Gasteiger partial charge on any atom is 0.191 e. The highest BCUT2D eigenvalue weighted by atomic mass is 32.1. The maximum absolute atomic E-state index is 5.45. The van der Waals surface area contributed by atoms with Crippen molar-refractivity contribution >= 4 is 17.3 Å². The van der Waals surface area contributed by atoms with Gasteiger partial charge in [0.05, 0.1) is 7.11 Å². The number of para-hydroxylation sites is 1. The molecule has 0 bridgehead atoms. The van der Waals surface area contributed by atoms with Crippen LogP contribution in [0, 0.1) is 0 Å². The third kappa shape index (κ3) is 4.99. The van der Waals surface area contributed by atoms with Crippen molar-refractivity contribution in [3.63, 3.8) is 0 Å². The first-order valence-corrected chi connectivity index (χ1v) is 9.14. The summed E-state index contributed by atoms with van der Waals surface area (Å²) in [6, 6.07) is 12.4. The maximum atomic E-state index is 5.45. The molecule has 0 spiro atoms. The van der Waals surface area contributed by atoms with Gasteiger partial charge in [0.2, 0.25) is 0 Å². The molecule has 1 aromatic carbocycles. The minimum atomic E-state index is 0.328. The monoisotopic (exact) mass is 345 g/mol. The molecule has 1 heterocycles. The molecule has 0 saturated heterocycles. The summed E-state index contributed by atoms with van der Waals surface area (Å²) in [5.74, 6) is 2.56. The standard InChI is InChI=1S/C19H27N3OS/c1-14(16-8-5-6-9-17(16)23-4)12-21-19(20-3)22-13-15(2)18-10-7-11-24-18/h5-11,14-15H,12-13H2,1-4H3,(H2,20,21,22). The second-order valence-corrected chi connectivity index (χ2v) is 6.87. The fourth-order valence-electron chi connectivity index (χ4n) is 2.58. The summed E-state index contributed by atoms with van der Waals surface area (Å²) in [4.78, 5) is 5.71. The van der Waals surface area contributed by atoms with Gasteiger partial charge in [0.15, 0.2) is 5.96 Å². The number of aliphatic imine (C=N–C) groups is 1. The Morgan fingerprint density at radius 3 is 2.42 bits per heavy atom. The molecular formula is C19H27N3OS. The lowest BCUT2D eigenvalue weighted by Crippen LogP contribution is -2.40. The summed E-state index contributed by atoms with van der Waals surface area (Å²) >= 11 is 1.80. The highest BCUT2D eigenvalue weighted by Crippen LogP contribution is 2.25. The smallest absolute Gasteiger partial charge is 0.191 e. The second kappa shape index (κ2) is 9.33. The molecule has 1 aromatic heterocycles. The van der Waals surface area contributed by atoms with Gasteiger partial charge in [0.1, 0.15) is 5.75 Å². The number of methoxy groups -OCH3 is 1. The number of nitrogens with one attached hydrogen (secondary N) is 2. The van der Waals surface area contributed by atoms with Gasteiger partial charge in [-0.05, 0) is 23.1 Å². The first-order valence-electron chi connectivity index (χ1n) is 8.26. The summed E-state index contributed by atoms with van der Waals surface area (Å²) in [7, 11) is 3.52. The first kappa shape index (κ1) is 18.3. The molecule has 24 heavy (non-hydrogen) atoms. The van der Waals surface area contributed by atoms with Gasteiger partial charge < -0.3 is 15.4 Å². The third-order valence-electron chi connectivity index (χ3n) is 4.07. The molecule has 0 aliphatic rings. The van der Waals surface area contributed by atoms with E-state index in [9.17, 15) is 0 Å². The fraction of sp³-hybridized carbons (Fsp3) is 0.421. The van der Waals surface area contributed by atoms with Gasteiger partial charge in [0, 0.05) is 36.9 Å². The quantitative estimate of drug-likeness (QED) is 0.592. The lowest BCUT2D eigenvalue weighted by molar-refractivity contribution is 0.406. The van der Waals surface area contributed by atoms with Crippen LogP contribution in [-0.2, 0) is 0 Å². The number of hydrogen-bond donors (Lipinski definition) is 2. The number of thiophene rings is 1. The lowest BCUT2D eigenvalue weighted by Gasteiger charge is -2.19. The topological polar surface area (TPSA) is 45.7 Å². The number of ether oxygens (including phenoxy) is 1. The molecule has 2 aromatic rings. The zero-order chi connectivity index (χ0) is 17.4. The summed E-state index contributed by atoms with van der Waals surface area (Å²) in [6.07, 6.45) is 0. The fourth-order valence-corrected chi connectivity index (χ4v) is 3.36. The number of hydrogen-bond acceptors (Lipinski definition) is 3. The molecule has 0 saturated carbocycles. The Morgan fingerprint density at radius 2 is 1.79 bits per heavy atom. The van der Waals surface area contributed by atoms with Crippen LogP contribution in [0.3, 0.4) is 0 Å². The van der Waals surface area contributed by atoms with Crippen LogP contribution in [0.2, 0.25) is 0 Å². The van der Waals surface area contributed by atoms with E-state index < -0.39 is 0 Å². The van der Waals surface area contributed by atoms with Gasteiger partial charge in [-0.3, -0.25) is 4.99 Å². The van der Waals surface area contributed by atoms with E-state index in [1.165, 1.54) is 10.4 Å². The Bertz CT molecular complexity index is 640. The highest BCUT2D eigenvalue weighted by Gasteiger charge is 2.12. The SMILES string of the molecule is CN=C(NCC(C)c1cccs1)NCC(C)c1ccccc1OC. The zero-order valence-electron chi connectivity index (χ0n) is 14.9. The molecule has 4 nitrogen and oxygen atoms in total. The predicted molar refractivity (Wildman–Crippen MR) is 104 cm³/mol. The lowest BCUT2D eigenvalue weighted by atomic mass is 10.0.